The molecule has 5 nitrogen and oxygen atoms in total. The monoisotopic (exact) mass is 406 g/mol. The quantitative estimate of drug-likeness (QED) is 0.716. The number of aryl methyl sites for hydroxylation is 2. The molecule has 158 valence electrons. The summed E-state index contributed by atoms with van der Waals surface area (Å²) < 4.78 is 5.38. The number of benzene rings is 2. The van der Waals surface area contributed by atoms with Gasteiger partial charge in [-0.1, -0.05) is 30.3 Å². The molecule has 2 aliphatic heterocycles. The molecule has 30 heavy (non-hydrogen) atoms. The summed E-state index contributed by atoms with van der Waals surface area (Å²) in [7, 11) is 0. The topological polar surface area (TPSA) is 49.9 Å². The lowest BCUT2D eigenvalue weighted by Crippen LogP contribution is -2.44. The highest BCUT2D eigenvalue weighted by molar-refractivity contribution is 6.11. The van der Waals surface area contributed by atoms with E-state index in [1.807, 2.05) is 11.0 Å². The zero-order chi connectivity index (χ0) is 20.5. The van der Waals surface area contributed by atoms with Gasteiger partial charge in [0.25, 0.3) is 0 Å². The van der Waals surface area contributed by atoms with Crippen molar-refractivity contribution in [1.29, 1.82) is 0 Å². The molecule has 1 aliphatic carbocycles. The van der Waals surface area contributed by atoms with E-state index in [-0.39, 0.29) is 17.6 Å². The third kappa shape index (κ3) is 3.77. The van der Waals surface area contributed by atoms with Gasteiger partial charge < -0.3 is 9.64 Å². The van der Waals surface area contributed by atoms with Crippen molar-refractivity contribution in [2.75, 3.05) is 45.9 Å². The minimum atomic E-state index is -0.0930. The second kappa shape index (κ2) is 8.48. The maximum atomic E-state index is 13.5. The number of ketones is 1. The fourth-order valence-corrected chi connectivity index (χ4v) is 5.34. The van der Waals surface area contributed by atoms with Crippen molar-refractivity contribution in [3.05, 3.63) is 47.0 Å². The number of rotatable bonds is 5. The molecule has 2 heterocycles. The Morgan fingerprint density at radius 3 is 2.63 bits per heavy atom. The summed E-state index contributed by atoms with van der Waals surface area (Å²) in [6.45, 7) is 5.43. The Morgan fingerprint density at radius 2 is 1.80 bits per heavy atom. The van der Waals surface area contributed by atoms with Crippen molar-refractivity contribution >= 4 is 22.5 Å². The Balaban J connectivity index is 1.28. The van der Waals surface area contributed by atoms with Crippen LogP contribution in [0.4, 0.5) is 0 Å². The van der Waals surface area contributed by atoms with Crippen LogP contribution in [-0.2, 0) is 22.4 Å². The molecule has 2 fully saturated rings. The van der Waals surface area contributed by atoms with Crippen molar-refractivity contribution in [1.82, 2.24) is 9.80 Å². The lowest BCUT2D eigenvalue weighted by molar-refractivity contribution is -0.133. The molecule has 5 heteroatoms. The molecule has 0 N–H and O–H groups in total. The Labute approximate surface area is 178 Å². The molecule has 5 rings (SSSR count). The van der Waals surface area contributed by atoms with E-state index >= 15 is 0 Å². The average Bonchev–Trinajstić information content (AvgIpc) is 3.23. The molecule has 2 aromatic rings. The fraction of sp³-hybridized carbons (Fsp3) is 0.520. The van der Waals surface area contributed by atoms with Gasteiger partial charge in [0.05, 0.1) is 13.2 Å². The van der Waals surface area contributed by atoms with Crippen LogP contribution in [0.3, 0.4) is 0 Å². The largest absolute Gasteiger partial charge is 0.379 e. The molecule has 3 aliphatic rings. The summed E-state index contributed by atoms with van der Waals surface area (Å²) in [5.41, 5.74) is 3.56. The first-order valence-corrected chi connectivity index (χ1v) is 11.4. The van der Waals surface area contributed by atoms with Crippen LogP contribution < -0.4 is 0 Å². The van der Waals surface area contributed by atoms with Crippen molar-refractivity contribution < 1.29 is 14.3 Å². The highest BCUT2D eigenvalue weighted by Crippen LogP contribution is 2.34. The molecule has 1 atom stereocenters. The van der Waals surface area contributed by atoms with Crippen LogP contribution in [0.1, 0.15) is 40.7 Å². The van der Waals surface area contributed by atoms with Crippen LogP contribution in [0.15, 0.2) is 30.3 Å². The van der Waals surface area contributed by atoms with E-state index in [0.29, 0.717) is 13.0 Å². The normalized spacial score (nSPS) is 21.9. The number of carbonyl (C=O) groups is 2. The smallest absolute Gasteiger partial charge is 0.223 e. The highest BCUT2D eigenvalue weighted by Gasteiger charge is 2.30. The number of carbonyl (C=O) groups excluding carboxylic acids is 2. The summed E-state index contributed by atoms with van der Waals surface area (Å²) in [5.74, 6) is 0.292. The van der Waals surface area contributed by atoms with Gasteiger partial charge >= 0.3 is 0 Å². The zero-order valence-corrected chi connectivity index (χ0v) is 17.6. The fourth-order valence-electron chi connectivity index (χ4n) is 5.34. The van der Waals surface area contributed by atoms with Gasteiger partial charge in [-0.3, -0.25) is 14.5 Å². The Kier molecular flexibility index (Phi) is 5.57. The van der Waals surface area contributed by atoms with Crippen molar-refractivity contribution in [3.8, 4) is 0 Å². The van der Waals surface area contributed by atoms with Crippen molar-refractivity contribution in [3.63, 3.8) is 0 Å². The molecule has 1 unspecified atom stereocenters. The van der Waals surface area contributed by atoms with Crippen LogP contribution in [0, 0.1) is 5.92 Å². The van der Waals surface area contributed by atoms with E-state index in [9.17, 15) is 9.59 Å². The molecule has 0 radical (unpaired) electrons. The molecular weight excluding hydrogens is 376 g/mol. The lowest BCUT2D eigenvalue weighted by atomic mass is 9.87. The second-order valence-electron chi connectivity index (χ2n) is 8.86. The Bertz CT molecular complexity index is 954. The van der Waals surface area contributed by atoms with Gasteiger partial charge in [0.15, 0.2) is 5.78 Å². The molecule has 0 saturated carbocycles. The van der Waals surface area contributed by atoms with E-state index in [1.165, 1.54) is 16.5 Å². The Hall–Kier alpha value is -2.24. The second-order valence-corrected chi connectivity index (χ2v) is 8.86. The predicted molar refractivity (Wildman–Crippen MR) is 117 cm³/mol. The molecule has 0 aromatic heterocycles. The van der Waals surface area contributed by atoms with E-state index in [4.69, 9.17) is 4.74 Å². The maximum absolute atomic E-state index is 13.5. The summed E-state index contributed by atoms with van der Waals surface area (Å²) in [6, 6.07) is 10.5. The standard InChI is InChI=1S/C25H30N2O3/c28-23(10-12-26-13-15-30-16-14-26)27-11-2-4-20(17-27)25(29)22-9-8-19-7-6-18-3-1-5-21(22)24(18)19/h1,3,5,8-9,20H,2,4,6-7,10-17H2. The first-order valence-electron chi connectivity index (χ1n) is 11.4. The van der Waals surface area contributed by atoms with E-state index < -0.39 is 0 Å². The number of likely N-dealkylation sites (tertiary alicyclic amines) is 1. The van der Waals surface area contributed by atoms with Crippen LogP contribution in [0.25, 0.3) is 10.8 Å². The molecule has 1 amide bonds. The summed E-state index contributed by atoms with van der Waals surface area (Å²) in [5, 5.41) is 2.39. The molecule has 2 aromatic carbocycles. The van der Waals surface area contributed by atoms with Gasteiger partial charge in [-0.15, -0.1) is 0 Å². The zero-order valence-electron chi connectivity index (χ0n) is 17.6. The number of ether oxygens (including phenoxy) is 1. The number of morpholine rings is 1. The van der Waals surface area contributed by atoms with Crippen molar-refractivity contribution in [2.24, 2.45) is 5.92 Å². The number of hydrogen-bond acceptors (Lipinski definition) is 4. The van der Waals surface area contributed by atoms with Gasteiger partial charge in [0.2, 0.25) is 5.91 Å². The Morgan fingerprint density at radius 1 is 1.00 bits per heavy atom. The van der Waals surface area contributed by atoms with Crippen LogP contribution >= 0.6 is 0 Å². The van der Waals surface area contributed by atoms with Gasteiger partial charge in [0, 0.05) is 50.6 Å². The maximum Gasteiger partial charge on any atom is 0.223 e. The third-order valence-corrected chi connectivity index (χ3v) is 7.03. The number of Topliss-reactive ketones (excluding diaryl/α,β-unsaturated/α-hetero) is 1. The summed E-state index contributed by atoms with van der Waals surface area (Å²) in [6.07, 6.45) is 4.44. The van der Waals surface area contributed by atoms with E-state index in [0.717, 1.165) is 76.0 Å². The summed E-state index contributed by atoms with van der Waals surface area (Å²) in [4.78, 5) is 30.5. The SMILES string of the molecule is O=C(c1ccc2c3c(cccc13)CC2)C1CCCN(C(=O)CCN2CCOCC2)C1. The number of nitrogens with zero attached hydrogens (tertiary/aromatic N) is 2. The average molecular weight is 407 g/mol. The molecule has 2 saturated heterocycles. The van der Waals surface area contributed by atoms with Gasteiger partial charge in [-0.05, 0) is 47.6 Å². The van der Waals surface area contributed by atoms with Crippen molar-refractivity contribution in [2.45, 2.75) is 32.1 Å². The number of piperidine rings is 1. The molecule has 0 spiro atoms. The van der Waals surface area contributed by atoms with Gasteiger partial charge in [-0.2, -0.15) is 0 Å². The van der Waals surface area contributed by atoms with Gasteiger partial charge in [-0.25, -0.2) is 0 Å². The van der Waals surface area contributed by atoms with Crippen LogP contribution in [0.2, 0.25) is 0 Å². The predicted octanol–water partition coefficient (Wildman–Crippen LogP) is 3.08. The van der Waals surface area contributed by atoms with Crippen LogP contribution in [0.5, 0.6) is 0 Å². The van der Waals surface area contributed by atoms with Crippen LogP contribution in [-0.4, -0.2) is 67.4 Å². The van der Waals surface area contributed by atoms with Gasteiger partial charge in [0.1, 0.15) is 0 Å². The first-order chi connectivity index (χ1) is 14.7. The highest BCUT2D eigenvalue weighted by atomic mass is 16.5. The minimum Gasteiger partial charge on any atom is -0.379 e. The first kappa shape index (κ1) is 19.7. The molecular formula is C25H30N2O3. The summed E-state index contributed by atoms with van der Waals surface area (Å²) >= 11 is 0. The minimum absolute atomic E-state index is 0.0930. The molecule has 0 bridgehead atoms. The van der Waals surface area contributed by atoms with E-state index in [1.54, 1.807) is 0 Å². The lowest BCUT2D eigenvalue weighted by Gasteiger charge is -2.33. The third-order valence-electron chi connectivity index (χ3n) is 7.03. The van der Waals surface area contributed by atoms with E-state index in [2.05, 4.69) is 29.2 Å². The number of hydrogen-bond donors (Lipinski definition) is 0. The number of amides is 1.